The number of hydrazone groups is 1. The predicted molar refractivity (Wildman–Crippen MR) is 110 cm³/mol. The molecule has 0 fully saturated rings. The molecule has 0 aliphatic heterocycles. The second-order valence-electron chi connectivity index (χ2n) is 7.22. The van der Waals surface area contributed by atoms with Crippen molar-refractivity contribution in [2.75, 3.05) is 0 Å². The van der Waals surface area contributed by atoms with Gasteiger partial charge in [0.05, 0.1) is 5.69 Å². The van der Waals surface area contributed by atoms with E-state index in [4.69, 9.17) is 11.7 Å². The van der Waals surface area contributed by atoms with E-state index in [0.29, 0.717) is 5.84 Å². The average molecular weight is 359 g/mol. The van der Waals surface area contributed by atoms with Gasteiger partial charge in [0.1, 0.15) is 0 Å². The van der Waals surface area contributed by atoms with E-state index in [9.17, 15) is 0 Å². The minimum Gasteiger partial charge on any atom is -0.321 e. The number of hydrogen-bond donors (Lipinski definition) is 3. The fourth-order valence-electron chi connectivity index (χ4n) is 4.02. The Hall–Kier alpha value is -3.05. The quantitative estimate of drug-likeness (QED) is 0.290. The van der Waals surface area contributed by atoms with Crippen LogP contribution in [0, 0.1) is 5.92 Å². The minimum absolute atomic E-state index is 0.466. The van der Waals surface area contributed by atoms with Crippen LogP contribution in [0.4, 0.5) is 0 Å². The first-order valence-corrected chi connectivity index (χ1v) is 9.35. The number of nitrogens with two attached hydrogens (primary N) is 2. The van der Waals surface area contributed by atoms with Crippen LogP contribution >= 0.6 is 0 Å². The Balaban J connectivity index is 1.91. The molecule has 5 heteroatoms. The number of rotatable bonds is 3. The maximum absolute atomic E-state index is 5.56. The topological polar surface area (TPSA) is 81.4 Å². The van der Waals surface area contributed by atoms with Gasteiger partial charge in [-0.25, -0.2) is 5.84 Å². The van der Waals surface area contributed by atoms with Gasteiger partial charge in [-0.3, -0.25) is 0 Å². The van der Waals surface area contributed by atoms with Crippen LogP contribution in [-0.2, 0) is 12.8 Å². The SMILES string of the molecule is CC1CCc2c(cc(-c3ccccc3)n2-c2cccc(/C(=N/N)NN)c2)C1. The molecule has 0 saturated carbocycles. The highest BCUT2D eigenvalue weighted by atomic mass is 15.3. The van der Waals surface area contributed by atoms with E-state index in [2.05, 4.69) is 70.5 Å². The fourth-order valence-corrected chi connectivity index (χ4v) is 4.02. The molecular formula is C22H25N5. The molecule has 1 atom stereocenters. The molecule has 0 saturated heterocycles. The van der Waals surface area contributed by atoms with Crippen molar-refractivity contribution in [2.24, 2.45) is 22.7 Å². The Labute approximate surface area is 159 Å². The summed E-state index contributed by atoms with van der Waals surface area (Å²) in [4.78, 5) is 0. The lowest BCUT2D eigenvalue weighted by Gasteiger charge is -2.21. The zero-order valence-electron chi connectivity index (χ0n) is 15.5. The molecule has 0 spiro atoms. The first-order chi connectivity index (χ1) is 13.2. The number of nitrogens with one attached hydrogen (secondary N) is 1. The van der Waals surface area contributed by atoms with Crippen molar-refractivity contribution in [3.63, 3.8) is 0 Å². The van der Waals surface area contributed by atoms with Gasteiger partial charge in [-0.15, -0.1) is 0 Å². The number of hydrogen-bond acceptors (Lipinski definition) is 3. The van der Waals surface area contributed by atoms with Crippen molar-refractivity contribution in [1.29, 1.82) is 0 Å². The van der Waals surface area contributed by atoms with Crippen molar-refractivity contribution in [3.05, 3.63) is 77.5 Å². The van der Waals surface area contributed by atoms with Crippen molar-refractivity contribution >= 4 is 5.84 Å². The smallest absolute Gasteiger partial charge is 0.166 e. The molecule has 0 radical (unpaired) electrons. The molecule has 2 aromatic carbocycles. The van der Waals surface area contributed by atoms with Crippen LogP contribution in [0.15, 0.2) is 65.8 Å². The number of amidine groups is 1. The lowest BCUT2D eigenvalue weighted by molar-refractivity contribution is 0.494. The van der Waals surface area contributed by atoms with Crippen LogP contribution in [0.25, 0.3) is 16.9 Å². The van der Waals surface area contributed by atoms with E-state index in [0.717, 1.165) is 30.0 Å². The number of benzene rings is 2. The summed E-state index contributed by atoms with van der Waals surface area (Å²) in [6, 6.07) is 21.1. The van der Waals surface area contributed by atoms with E-state index in [1.807, 2.05) is 12.1 Å². The van der Waals surface area contributed by atoms with Gasteiger partial charge in [0, 0.05) is 16.9 Å². The lowest BCUT2D eigenvalue weighted by Crippen LogP contribution is -2.32. The predicted octanol–water partition coefficient (Wildman–Crippen LogP) is 3.35. The van der Waals surface area contributed by atoms with Crippen LogP contribution in [0.5, 0.6) is 0 Å². The molecule has 138 valence electrons. The molecule has 1 aliphatic rings. The molecule has 5 nitrogen and oxygen atoms in total. The molecule has 0 amide bonds. The monoisotopic (exact) mass is 359 g/mol. The highest BCUT2D eigenvalue weighted by Crippen LogP contribution is 2.35. The lowest BCUT2D eigenvalue weighted by atomic mass is 9.89. The van der Waals surface area contributed by atoms with E-state index < -0.39 is 0 Å². The summed E-state index contributed by atoms with van der Waals surface area (Å²) in [5.41, 5.74) is 9.81. The van der Waals surface area contributed by atoms with Gasteiger partial charge in [0.2, 0.25) is 0 Å². The molecule has 1 heterocycles. The molecule has 0 bridgehead atoms. The van der Waals surface area contributed by atoms with Crippen LogP contribution in [0.3, 0.4) is 0 Å². The van der Waals surface area contributed by atoms with Gasteiger partial charge in [-0.1, -0.05) is 49.4 Å². The third kappa shape index (κ3) is 3.22. The van der Waals surface area contributed by atoms with Crippen molar-refractivity contribution in [1.82, 2.24) is 9.99 Å². The highest BCUT2D eigenvalue weighted by Gasteiger charge is 2.23. The molecule has 1 unspecified atom stereocenters. The van der Waals surface area contributed by atoms with Gasteiger partial charge in [-0.05, 0) is 54.5 Å². The van der Waals surface area contributed by atoms with Crippen LogP contribution in [-0.4, -0.2) is 10.4 Å². The molecule has 5 N–H and O–H groups in total. The number of hydrazine groups is 1. The first kappa shape index (κ1) is 17.4. The van der Waals surface area contributed by atoms with E-state index in [1.165, 1.54) is 28.9 Å². The Kier molecular flexibility index (Phi) is 4.69. The minimum atomic E-state index is 0.466. The van der Waals surface area contributed by atoms with Gasteiger partial charge in [0.15, 0.2) is 5.84 Å². The Morgan fingerprint density at radius 3 is 2.67 bits per heavy atom. The third-order valence-electron chi connectivity index (χ3n) is 5.35. The summed E-state index contributed by atoms with van der Waals surface area (Å²) in [6.07, 6.45) is 3.42. The van der Waals surface area contributed by atoms with Gasteiger partial charge in [0.25, 0.3) is 0 Å². The molecule has 1 aromatic heterocycles. The van der Waals surface area contributed by atoms with Crippen LogP contribution in [0.2, 0.25) is 0 Å². The van der Waals surface area contributed by atoms with E-state index in [-0.39, 0.29) is 0 Å². The van der Waals surface area contributed by atoms with Gasteiger partial charge >= 0.3 is 0 Å². The summed E-state index contributed by atoms with van der Waals surface area (Å²) in [5, 5.41) is 3.75. The molecular weight excluding hydrogens is 334 g/mol. The summed E-state index contributed by atoms with van der Waals surface area (Å²) >= 11 is 0. The van der Waals surface area contributed by atoms with E-state index >= 15 is 0 Å². The number of aromatic nitrogens is 1. The summed E-state index contributed by atoms with van der Waals surface area (Å²) in [6.45, 7) is 2.33. The molecule has 27 heavy (non-hydrogen) atoms. The second kappa shape index (κ2) is 7.29. The third-order valence-corrected chi connectivity index (χ3v) is 5.35. The standard InChI is InChI=1S/C22H25N5/c1-15-10-11-20-18(12-15)14-21(16-6-3-2-4-7-16)27(20)19-9-5-8-17(13-19)22(25-23)26-24/h2-9,13-15H,10-12,23-24H2,1H3,(H,25,26). The zero-order chi connectivity index (χ0) is 18.8. The Morgan fingerprint density at radius 2 is 1.93 bits per heavy atom. The normalized spacial score (nSPS) is 16.8. The zero-order valence-corrected chi connectivity index (χ0v) is 15.5. The highest BCUT2D eigenvalue weighted by molar-refractivity contribution is 5.98. The first-order valence-electron chi connectivity index (χ1n) is 9.35. The van der Waals surface area contributed by atoms with Gasteiger partial charge in [-0.2, -0.15) is 5.10 Å². The molecule has 3 aromatic rings. The van der Waals surface area contributed by atoms with E-state index in [1.54, 1.807) is 0 Å². The van der Waals surface area contributed by atoms with Gasteiger partial charge < -0.3 is 15.8 Å². The maximum atomic E-state index is 5.56. The van der Waals surface area contributed by atoms with Crippen LogP contribution < -0.4 is 17.1 Å². The average Bonchev–Trinajstić information content (AvgIpc) is 3.08. The maximum Gasteiger partial charge on any atom is 0.166 e. The van der Waals surface area contributed by atoms with Crippen molar-refractivity contribution < 1.29 is 0 Å². The van der Waals surface area contributed by atoms with Crippen molar-refractivity contribution in [2.45, 2.75) is 26.2 Å². The number of nitrogens with zero attached hydrogens (tertiary/aromatic N) is 2. The summed E-state index contributed by atoms with van der Waals surface area (Å²) in [7, 11) is 0. The van der Waals surface area contributed by atoms with Crippen molar-refractivity contribution in [3.8, 4) is 16.9 Å². The Bertz CT molecular complexity index is 972. The molecule has 1 aliphatic carbocycles. The number of fused-ring (bicyclic) bond motifs is 1. The summed E-state index contributed by atoms with van der Waals surface area (Å²) < 4.78 is 2.38. The largest absolute Gasteiger partial charge is 0.321 e. The molecule has 4 rings (SSSR count). The second-order valence-corrected chi connectivity index (χ2v) is 7.22. The fraction of sp³-hybridized carbons (Fsp3) is 0.227. The Morgan fingerprint density at radius 1 is 1.11 bits per heavy atom. The van der Waals surface area contributed by atoms with Crippen LogP contribution in [0.1, 0.15) is 30.2 Å². The summed E-state index contributed by atoms with van der Waals surface area (Å²) in [5.74, 6) is 12.2.